The molecule has 3 saturated heterocycles. The number of nitrogens with one attached hydrogen (secondary N) is 1. The van der Waals surface area contributed by atoms with Crippen LogP contribution in [-0.4, -0.2) is 47.2 Å². The van der Waals surface area contributed by atoms with E-state index in [-0.39, 0.29) is 18.5 Å². The molecule has 1 amide bonds. The Labute approximate surface area is 121 Å². The van der Waals surface area contributed by atoms with Crippen molar-refractivity contribution < 1.29 is 9.90 Å². The summed E-state index contributed by atoms with van der Waals surface area (Å²) in [4.78, 5) is 14.6. The number of hydrogen-bond donors (Lipinski definition) is 2. The zero-order valence-corrected chi connectivity index (χ0v) is 12.2. The van der Waals surface area contributed by atoms with Gasteiger partial charge in [-0.25, -0.2) is 0 Å². The Morgan fingerprint density at radius 3 is 2.47 bits per heavy atom. The lowest BCUT2D eigenvalue weighted by Gasteiger charge is -2.38. The van der Waals surface area contributed by atoms with E-state index in [1.807, 2.05) is 0 Å². The van der Waals surface area contributed by atoms with E-state index < -0.39 is 0 Å². The lowest BCUT2D eigenvalue weighted by Crippen LogP contribution is -2.49. The van der Waals surface area contributed by atoms with Crippen LogP contribution in [0.2, 0.25) is 0 Å². The number of carbonyl (C=O) groups is 1. The second-order valence-electron chi connectivity index (χ2n) is 6.23. The molecule has 0 aromatic rings. The summed E-state index contributed by atoms with van der Waals surface area (Å²) in [6.07, 6.45) is 6.69. The number of hydrogen-bond acceptors (Lipinski definition) is 3. The molecule has 5 heteroatoms. The molecule has 3 aliphatic heterocycles. The highest BCUT2D eigenvalue weighted by Gasteiger charge is 2.42. The highest BCUT2D eigenvalue weighted by Crippen LogP contribution is 2.36. The molecule has 2 N–H and O–H groups in total. The standard InChI is InChI=1S/C14H24N2O2.ClH/c17-13-7-11-3-4-12(8-13)16(11)14(18)6-10-2-1-5-15-9-10;/h10-13,15,17H,1-9H2;1H/t10?,11-,12+,13?;. The summed E-state index contributed by atoms with van der Waals surface area (Å²) in [5.74, 6) is 0.862. The minimum Gasteiger partial charge on any atom is -0.393 e. The Bertz CT molecular complexity index is 307. The average molecular weight is 289 g/mol. The number of aliphatic hydroxyl groups excluding tert-OH is 1. The Kier molecular flexibility index (Phi) is 5.09. The van der Waals surface area contributed by atoms with Crippen LogP contribution in [0.1, 0.15) is 44.9 Å². The quantitative estimate of drug-likeness (QED) is 0.806. The molecule has 0 saturated carbocycles. The van der Waals surface area contributed by atoms with Crippen molar-refractivity contribution >= 4 is 18.3 Å². The van der Waals surface area contributed by atoms with E-state index >= 15 is 0 Å². The fourth-order valence-corrected chi connectivity index (χ4v) is 4.01. The molecule has 2 bridgehead atoms. The molecular weight excluding hydrogens is 264 g/mol. The molecular formula is C14H25ClN2O2. The van der Waals surface area contributed by atoms with Gasteiger partial charge in [-0.05, 0) is 57.5 Å². The number of rotatable bonds is 2. The molecule has 3 fully saturated rings. The van der Waals surface area contributed by atoms with Gasteiger partial charge >= 0.3 is 0 Å². The lowest BCUT2D eigenvalue weighted by atomic mass is 9.93. The van der Waals surface area contributed by atoms with Crippen molar-refractivity contribution in [3.8, 4) is 0 Å². The van der Waals surface area contributed by atoms with Crippen molar-refractivity contribution in [2.45, 2.75) is 63.1 Å². The zero-order valence-electron chi connectivity index (χ0n) is 11.4. The monoisotopic (exact) mass is 288 g/mol. The highest BCUT2D eigenvalue weighted by molar-refractivity contribution is 5.85. The van der Waals surface area contributed by atoms with Crippen LogP contribution < -0.4 is 5.32 Å². The summed E-state index contributed by atoms with van der Waals surface area (Å²) in [6.45, 7) is 2.10. The molecule has 3 heterocycles. The molecule has 110 valence electrons. The summed E-state index contributed by atoms with van der Waals surface area (Å²) in [7, 11) is 0. The van der Waals surface area contributed by atoms with Crippen molar-refractivity contribution in [3.05, 3.63) is 0 Å². The molecule has 0 aromatic heterocycles. The van der Waals surface area contributed by atoms with E-state index in [2.05, 4.69) is 10.2 Å². The minimum atomic E-state index is -0.178. The summed E-state index contributed by atoms with van der Waals surface area (Å²) in [5, 5.41) is 13.1. The minimum absolute atomic E-state index is 0. The van der Waals surface area contributed by atoms with E-state index in [1.54, 1.807) is 0 Å². The van der Waals surface area contributed by atoms with E-state index in [0.717, 1.165) is 38.8 Å². The third-order valence-corrected chi connectivity index (χ3v) is 4.86. The normalized spacial score (nSPS) is 37.8. The van der Waals surface area contributed by atoms with Gasteiger partial charge in [0.1, 0.15) is 0 Å². The number of amides is 1. The number of fused-ring (bicyclic) bond motifs is 2. The third kappa shape index (κ3) is 3.23. The van der Waals surface area contributed by atoms with E-state index in [1.165, 1.54) is 12.8 Å². The summed E-state index contributed by atoms with van der Waals surface area (Å²) in [5.41, 5.74) is 0. The second kappa shape index (κ2) is 6.42. The number of piperidine rings is 2. The molecule has 3 rings (SSSR count). The van der Waals surface area contributed by atoms with Gasteiger partial charge in [-0.3, -0.25) is 4.79 Å². The SMILES string of the molecule is Cl.O=C(CC1CCCNC1)N1[C@@H]2CC[C@H]1CC(O)C2. The Balaban J connectivity index is 0.00000133. The molecule has 0 aromatic carbocycles. The van der Waals surface area contributed by atoms with Gasteiger partial charge in [0.2, 0.25) is 5.91 Å². The Morgan fingerprint density at radius 1 is 1.21 bits per heavy atom. The Hall–Kier alpha value is -0.320. The van der Waals surface area contributed by atoms with Gasteiger partial charge < -0.3 is 15.3 Å². The smallest absolute Gasteiger partial charge is 0.223 e. The fourth-order valence-electron chi connectivity index (χ4n) is 4.01. The maximum Gasteiger partial charge on any atom is 0.223 e. The van der Waals surface area contributed by atoms with Gasteiger partial charge in [0, 0.05) is 18.5 Å². The number of aliphatic hydroxyl groups is 1. The maximum atomic E-state index is 12.5. The first kappa shape index (κ1) is 15.1. The van der Waals surface area contributed by atoms with E-state index in [4.69, 9.17) is 0 Å². The van der Waals surface area contributed by atoms with Crippen LogP contribution in [-0.2, 0) is 4.79 Å². The van der Waals surface area contributed by atoms with Crippen LogP contribution in [0.15, 0.2) is 0 Å². The van der Waals surface area contributed by atoms with Crippen LogP contribution in [0.3, 0.4) is 0 Å². The Morgan fingerprint density at radius 2 is 1.89 bits per heavy atom. The lowest BCUT2D eigenvalue weighted by molar-refractivity contribution is -0.138. The first-order valence-electron chi connectivity index (χ1n) is 7.44. The van der Waals surface area contributed by atoms with Gasteiger partial charge in [0.05, 0.1) is 6.10 Å². The highest BCUT2D eigenvalue weighted by atomic mass is 35.5. The van der Waals surface area contributed by atoms with E-state index in [9.17, 15) is 9.90 Å². The molecule has 2 unspecified atom stereocenters. The average Bonchev–Trinajstić information content (AvgIpc) is 2.63. The molecule has 4 atom stereocenters. The first-order valence-corrected chi connectivity index (χ1v) is 7.44. The van der Waals surface area contributed by atoms with Crippen LogP contribution in [0.5, 0.6) is 0 Å². The predicted octanol–water partition coefficient (Wildman–Crippen LogP) is 1.31. The van der Waals surface area contributed by atoms with Crippen molar-refractivity contribution in [1.82, 2.24) is 10.2 Å². The number of carbonyl (C=O) groups excluding carboxylic acids is 1. The first-order chi connectivity index (χ1) is 8.74. The molecule has 0 radical (unpaired) electrons. The number of nitrogens with zero attached hydrogens (tertiary/aromatic N) is 1. The van der Waals surface area contributed by atoms with Gasteiger partial charge in [-0.2, -0.15) is 0 Å². The zero-order chi connectivity index (χ0) is 12.5. The summed E-state index contributed by atoms with van der Waals surface area (Å²) >= 11 is 0. The van der Waals surface area contributed by atoms with Crippen LogP contribution in [0.4, 0.5) is 0 Å². The van der Waals surface area contributed by atoms with Crippen molar-refractivity contribution in [2.75, 3.05) is 13.1 Å². The van der Waals surface area contributed by atoms with Crippen molar-refractivity contribution in [1.29, 1.82) is 0 Å². The third-order valence-electron chi connectivity index (χ3n) is 4.86. The molecule has 19 heavy (non-hydrogen) atoms. The largest absolute Gasteiger partial charge is 0.393 e. The molecule has 0 aliphatic carbocycles. The van der Waals surface area contributed by atoms with Crippen LogP contribution in [0, 0.1) is 5.92 Å². The molecule has 3 aliphatic rings. The van der Waals surface area contributed by atoms with E-state index in [0.29, 0.717) is 30.3 Å². The fraction of sp³-hybridized carbons (Fsp3) is 0.929. The number of halogens is 1. The molecule has 4 nitrogen and oxygen atoms in total. The van der Waals surface area contributed by atoms with Gasteiger partial charge in [0.25, 0.3) is 0 Å². The topological polar surface area (TPSA) is 52.6 Å². The molecule has 0 spiro atoms. The van der Waals surface area contributed by atoms with Gasteiger partial charge in [0.15, 0.2) is 0 Å². The van der Waals surface area contributed by atoms with Crippen LogP contribution in [0.25, 0.3) is 0 Å². The second-order valence-corrected chi connectivity index (χ2v) is 6.23. The van der Waals surface area contributed by atoms with Gasteiger partial charge in [-0.15, -0.1) is 12.4 Å². The van der Waals surface area contributed by atoms with Crippen LogP contribution >= 0.6 is 12.4 Å². The van der Waals surface area contributed by atoms with Crippen molar-refractivity contribution in [2.24, 2.45) is 5.92 Å². The summed E-state index contributed by atoms with van der Waals surface area (Å²) in [6, 6.07) is 0.644. The predicted molar refractivity (Wildman–Crippen MR) is 76.4 cm³/mol. The maximum absolute atomic E-state index is 12.5. The van der Waals surface area contributed by atoms with Gasteiger partial charge in [-0.1, -0.05) is 0 Å². The van der Waals surface area contributed by atoms with Crippen molar-refractivity contribution in [3.63, 3.8) is 0 Å². The summed E-state index contributed by atoms with van der Waals surface area (Å²) < 4.78 is 0.